The highest BCUT2D eigenvalue weighted by atomic mass is 35.5. The standard InChI is InChI=1S/C12H15ClN4O/c1-3-9-11(13)10(16(2)15-9)7-17-6-4-5-8(14)12(17)18/h4-6H,3,7,14H2,1-2H3. The Hall–Kier alpha value is -1.75. The minimum atomic E-state index is -0.215. The summed E-state index contributed by atoms with van der Waals surface area (Å²) in [6.45, 7) is 2.36. The molecule has 0 aliphatic heterocycles. The third kappa shape index (κ3) is 2.13. The Balaban J connectivity index is 2.43. The van der Waals surface area contributed by atoms with Crippen LogP contribution in [0.4, 0.5) is 5.69 Å². The van der Waals surface area contributed by atoms with Crippen molar-refractivity contribution in [2.45, 2.75) is 19.9 Å². The van der Waals surface area contributed by atoms with Crippen LogP contribution in [-0.4, -0.2) is 14.3 Å². The molecule has 0 bridgehead atoms. The van der Waals surface area contributed by atoms with E-state index in [1.165, 1.54) is 4.57 Å². The molecule has 0 amide bonds. The Bertz CT molecular complexity index is 629. The Morgan fingerprint density at radius 3 is 2.83 bits per heavy atom. The van der Waals surface area contributed by atoms with Crippen LogP contribution in [0.5, 0.6) is 0 Å². The highest BCUT2D eigenvalue weighted by molar-refractivity contribution is 6.31. The van der Waals surface area contributed by atoms with Crippen LogP contribution < -0.4 is 11.3 Å². The molecule has 5 nitrogen and oxygen atoms in total. The van der Waals surface area contributed by atoms with Gasteiger partial charge < -0.3 is 10.3 Å². The quantitative estimate of drug-likeness (QED) is 0.914. The van der Waals surface area contributed by atoms with Crippen LogP contribution in [0, 0.1) is 0 Å². The number of nitrogens with two attached hydrogens (primary N) is 1. The van der Waals surface area contributed by atoms with Gasteiger partial charge in [0.1, 0.15) is 0 Å². The first-order chi connectivity index (χ1) is 8.54. The predicted octanol–water partition coefficient (Wildman–Crippen LogP) is 1.43. The highest BCUT2D eigenvalue weighted by Crippen LogP contribution is 2.21. The van der Waals surface area contributed by atoms with Crippen molar-refractivity contribution in [1.82, 2.24) is 14.3 Å². The SMILES string of the molecule is CCc1nn(C)c(Cn2cccc(N)c2=O)c1Cl. The maximum Gasteiger partial charge on any atom is 0.274 e. The summed E-state index contributed by atoms with van der Waals surface area (Å²) in [5, 5.41) is 4.93. The number of hydrogen-bond acceptors (Lipinski definition) is 3. The lowest BCUT2D eigenvalue weighted by Gasteiger charge is -2.07. The van der Waals surface area contributed by atoms with Crippen LogP contribution in [0.25, 0.3) is 0 Å². The fourth-order valence-corrected chi connectivity index (χ4v) is 2.19. The Kier molecular flexibility index (Phi) is 3.43. The molecule has 0 aliphatic rings. The second-order valence-electron chi connectivity index (χ2n) is 4.08. The van der Waals surface area contributed by atoms with Gasteiger partial charge in [0.25, 0.3) is 5.56 Å². The van der Waals surface area contributed by atoms with Crippen LogP contribution in [0.2, 0.25) is 5.02 Å². The van der Waals surface area contributed by atoms with E-state index in [4.69, 9.17) is 17.3 Å². The van der Waals surface area contributed by atoms with Crippen molar-refractivity contribution in [2.24, 2.45) is 7.05 Å². The number of hydrogen-bond donors (Lipinski definition) is 1. The van der Waals surface area contributed by atoms with Crippen molar-refractivity contribution in [3.63, 3.8) is 0 Å². The largest absolute Gasteiger partial charge is 0.394 e. The average molecular weight is 267 g/mol. The minimum absolute atomic E-state index is 0.215. The molecule has 0 radical (unpaired) electrons. The number of aryl methyl sites for hydroxylation is 2. The summed E-state index contributed by atoms with van der Waals surface area (Å²) in [6, 6.07) is 3.32. The summed E-state index contributed by atoms with van der Waals surface area (Å²) in [6.07, 6.45) is 2.45. The normalized spacial score (nSPS) is 10.8. The highest BCUT2D eigenvalue weighted by Gasteiger charge is 2.13. The molecule has 0 atom stereocenters. The van der Waals surface area contributed by atoms with E-state index in [1.807, 2.05) is 14.0 Å². The molecule has 0 aromatic carbocycles. The van der Waals surface area contributed by atoms with E-state index < -0.39 is 0 Å². The molecule has 2 heterocycles. The van der Waals surface area contributed by atoms with Crippen molar-refractivity contribution in [3.8, 4) is 0 Å². The maximum absolute atomic E-state index is 11.8. The van der Waals surface area contributed by atoms with E-state index in [0.717, 1.165) is 17.8 Å². The van der Waals surface area contributed by atoms with E-state index in [2.05, 4.69) is 5.10 Å². The van der Waals surface area contributed by atoms with Crippen molar-refractivity contribution in [2.75, 3.05) is 5.73 Å². The molecule has 0 spiro atoms. The van der Waals surface area contributed by atoms with Gasteiger partial charge in [-0.3, -0.25) is 9.48 Å². The van der Waals surface area contributed by atoms with Gasteiger partial charge in [-0.1, -0.05) is 18.5 Å². The lowest BCUT2D eigenvalue weighted by Crippen LogP contribution is -2.23. The van der Waals surface area contributed by atoms with Crippen molar-refractivity contribution in [3.05, 3.63) is 45.1 Å². The van der Waals surface area contributed by atoms with E-state index >= 15 is 0 Å². The van der Waals surface area contributed by atoms with Gasteiger partial charge in [-0.25, -0.2) is 0 Å². The third-order valence-electron chi connectivity index (χ3n) is 2.87. The van der Waals surface area contributed by atoms with Gasteiger partial charge in [0.05, 0.1) is 28.6 Å². The second-order valence-corrected chi connectivity index (χ2v) is 4.46. The van der Waals surface area contributed by atoms with Gasteiger partial charge in [0.2, 0.25) is 0 Å². The summed E-state index contributed by atoms with van der Waals surface area (Å²) in [7, 11) is 1.82. The smallest absolute Gasteiger partial charge is 0.274 e. The first-order valence-electron chi connectivity index (χ1n) is 5.69. The molecule has 0 saturated carbocycles. The topological polar surface area (TPSA) is 65.8 Å². The van der Waals surface area contributed by atoms with E-state index in [9.17, 15) is 4.79 Å². The lowest BCUT2D eigenvalue weighted by atomic mass is 10.3. The number of anilines is 1. The number of nitrogens with zero attached hydrogens (tertiary/aromatic N) is 3. The van der Waals surface area contributed by atoms with E-state index in [0.29, 0.717) is 11.6 Å². The molecule has 2 aromatic rings. The second kappa shape index (κ2) is 4.86. The van der Waals surface area contributed by atoms with Crippen LogP contribution >= 0.6 is 11.6 Å². The fourth-order valence-electron chi connectivity index (χ4n) is 1.83. The molecule has 2 N–H and O–H groups in total. The minimum Gasteiger partial charge on any atom is -0.394 e. The van der Waals surface area contributed by atoms with E-state index in [1.54, 1.807) is 23.0 Å². The lowest BCUT2D eigenvalue weighted by molar-refractivity contribution is 0.650. The number of halogens is 1. The number of pyridine rings is 1. The van der Waals surface area contributed by atoms with Crippen molar-refractivity contribution in [1.29, 1.82) is 0 Å². The number of aromatic nitrogens is 3. The molecule has 2 rings (SSSR count). The Labute approximate surface area is 110 Å². The molecule has 6 heteroatoms. The monoisotopic (exact) mass is 266 g/mol. The molecule has 2 aromatic heterocycles. The van der Waals surface area contributed by atoms with Crippen LogP contribution in [0.3, 0.4) is 0 Å². The van der Waals surface area contributed by atoms with Crippen LogP contribution in [0.1, 0.15) is 18.3 Å². The molecule has 0 saturated heterocycles. The number of nitrogen functional groups attached to an aromatic ring is 1. The molecule has 0 unspecified atom stereocenters. The average Bonchev–Trinajstić information content (AvgIpc) is 2.62. The predicted molar refractivity (Wildman–Crippen MR) is 71.8 cm³/mol. The first kappa shape index (κ1) is 12.7. The van der Waals surface area contributed by atoms with Gasteiger partial charge in [0, 0.05) is 13.2 Å². The van der Waals surface area contributed by atoms with Gasteiger partial charge in [-0.15, -0.1) is 0 Å². The van der Waals surface area contributed by atoms with Crippen molar-refractivity contribution >= 4 is 17.3 Å². The molecule has 96 valence electrons. The molecular weight excluding hydrogens is 252 g/mol. The van der Waals surface area contributed by atoms with Gasteiger partial charge in [0.15, 0.2) is 0 Å². The Morgan fingerprint density at radius 1 is 1.50 bits per heavy atom. The molecule has 18 heavy (non-hydrogen) atoms. The Morgan fingerprint density at radius 2 is 2.22 bits per heavy atom. The zero-order valence-corrected chi connectivity index (χ0v) is 11.1. The molecule has 0 fully saturated rings. The fraction of sp³-hybridized carbons (Fsp3) is 0.333. The summed E-state index contributed by atoms with van der Waals surface area (Å²) in [5.74, 6) is 0. The summed E-state index contributed by atoms with van der Waals surface area (Å²) in [4.78, 5) is 11.8. The first-order valence-corrected chi connectivity index (χ1v) is 6.07. The van der Waals surface area contributed by atoms with E-state index in [-0.39, 0.29) is 11.2 Å². The summed E-state index contributed by atoms with van der Waals surface area (Å²) >= 11 is 6.24. The van der Waals surface area contributed by atoms with Gasteiger partial charge >= 0.3 is 0 Å². The van der Waals surface area contributed by atoms with Gasteiger partial charge in [-0.2, -0.15) is 5.10 Å². The number of rotatable bonds is 3. The molecular formula is C12H15ClN4O. The zero-order valence-electron chi connectivity index (χ0n) is 10.4. The molecule has 0 aliphatic carbocycles. The summed E-state index contributed by atoms with van der Waals surface area (Å²) < 4.78 is 3.23. The van der Waals surface area contributed by atoms with Gasteiger partial charge in [-0.05, 0) is 18.6 Å². The zero-order chi connectivity index (χ0) is 13.3. The van der Waals surface area contributed by atoms with Crippen molar-refractivity contribution < 1.29 is 0 Å². The van der Waals surface area contributed by atoms with Crippen LogP contribution in [0.15, 0.2) is 23.1 Å². The maximum atomic E-state index is 11.8. The van der Waals surface area contributed by atoms with Crippen LogP contribution in [-0.2, 0) is 20.0 Å². The third-order valence-corrected chi connectivity index (χ3v) is 3.31. The summed E-state index contributed by atoms with van der Waals surface area (Å²) in [5.41, 5.74) is 7.25.